The Balaban J connectivity index is 1.89. The Morgan fingerprint density at radius 1 is 1.20 bits per heavy atom. The monoisotopic (exact) mass is 269 g/mol. The first-order valence-corrected chi connectivity index (χ1v) is 6.47. The summed E-state index contributed by atoms with van der Waals surface area (Å²) in [7, 11) is 2.02. The molecule has 2 aromatic carbocycles. The lowest BCUT2D eigenvalue weighted by Crippen LogP contribution is -2.02. The van der Waals surface area contributed by atoms with Crippen molar-refractivity contribution in [3.63, 3.8) is 0 Å². The number of anilines is 2. The third-order valence-corrected chi connectivity index (χ3v) is 3.46. The van der Waals surface area contributed by atoms with Crippen LogP contribution in [0.25, 0.3) is 10.9 Å². The number of fused-ring (bicyclic) bond motifs is 1. The molecular formula is C16H16FN3. The molecule has 102 valence electrons. The van der Waals surface area contributed by atoms with E-state index in [1.54, 1.807) is 6.07 Å². The number of benzene rings is 2. The molecule has 0 aliphatic heterocycles. The van der Waals surface area contributed by atoms with Crippen LogP contribution < -0.4 is 11.1 Å². The fourth-order valence-corrected chi connectivity index (χ4v) is 2.44. The number of para-hydroxylation sites is 1. The van der Waals surface area contributed by atoms with Crippen LogP contribution >= 0.6 is 0 Å². The zero-order valence-electron chi connectivity index (χ0n) is 11.2. The van der Waals surface area contributed by atoms with Gasteiger partial charge in [-0.3, -0.25) is 0 Å². The number of halogens is 1. The largest absolute Gasteiger partial charge is 0.397 e. The van der Waals surface area contributed by atoms with Crippen LogP contribution in [0.3, 0.4) is 0 Å². The Morgan fingerprint density at radius 2 is 2.00 bits per heavy atom. The van der Waals surface area contributed by atoms with Gasteiger partial charge < -0.3 is 15.6 Å². The van der Waals surface area contributed by atoms with E-state index in [4.69, 9.17) is 5.73 Å². The molecule has 0 bridgehead atoms. The SMILES string of the molecule is Cn1cc(CNc2cc(F)ccc2N)c2ccccc21. The highest BCUT2D eigenvalue weighted by Gasteiger charge is 2.07. The maximum atomic E-state index is 13.2. The third-order valence-electron chi connectivity index (χ3n) is 3.46. The Hall–Kier alpha value is -2.49. The van der Waals surface area contributed by atoms with Crippen LogP contribution in [-0.2, 0) is 13.6 Å². The van der Waals surface area contributed by atoms with E-state index in [9.17, 15) is 4.39 Å². The number of nitrogens with two attached hydrogens (primary N) is 1. The first kappa shape index (κ1) is 12.5. The van der Waals surface area contributed by atoms with Crippen molar-refractivity contribution in [1.82, 2.24) is 4.57 Å². The molecule has 0 fully saturated rings. The number of hydrogen-bond donors (Lipinski definition) is 2. The van der Waals surface area contributed by atoms with Crippen molar-refractivity contribution in [2.75, 3.05) is 11.1 Å². The summed E-state index contributed by atoms with van der Waals surface area (Å²) in [5.41, 5.74) is 9.34. The second-order valence-corrected chi connectivity index (χ2v) is 4.87. The van der Waals surface area contributed by atoms with Gasteiger partial charge >= 0.3 is 0 Å². The summed E-state index contributed by atoms with van der Waals surface area (Å²) >= 11 is 0. The second kappa shape index (κ2) is 4.89. The Morgan fingerprint density at radius 3 is 2.85 bits per heavy atom. The van der Waals surface area contributed by atoms with Gasteiger partial charge in [-0.05, 0) is 29.8 Å². The van der Waals surface area contributed by atoms with Crippen LogP contribution in [-0.4, -0.2) is 4.57 Å². The van der Waals surface area contributed by atoms with Gasteiger partial charge in [0.15, 0.2) is 0 Å². The molecule has 0 amide bonds. The van der Waals surface area contributed by atoms with Gasteiger partial charge in [0.2, 0.25) is 0 Å². The molecule has 1 aromatic heterocycles. The number of aryl methyl sites for hydroxylation is 1. The Labute approximate surface area is 116 Å². The zero-order valence-corrected chi connectivity index (χ0v) is 11.2. The van der Waals surface area contributed by atoms with Gasteiger partial charge in [0.05, 0.1) is 11.4 Å². The molecule has 0 unspecified atom stereocenters. The lowest BCUT2D eigenvalue weighted by atomic mass is 10.1. The van der Waals surface area contributed by atoms with E-state index in [0.29, 0.717) is 17.9 Å². The molecule has 4 heteroatoms. The number of aromatic nitrogens is 1. The van der Waals surface area contributed by atoms with Crippen molar-refractivity contribution in [2.24, 2.45) is 7.05 Å². The topological polar surface area (TPSA) is 43.0 Å². The fraction of sp³-hybridized carbons (Fsp3) is 0.125. The first-order valence-electron chi connectivity index (χ1n) is 6.47. The second-order valence-electron chi connectivity index (χ2n) is 4.87. The van der Waals surface area contributed by atoms with Gasteiger partial charge in [-0.15, -0.1) is 0 Å². The predicted octanol–water partition coefficient (Wildman–Crippen LogP) is 3.51. The standard InChI is InChI=1S/C16H16FN3/c1-20-10-11(13-4-2-3-5-16(13)20)9-19-15-8-12(17)6-7-14(15)18/h2-8,10,19H,9,18H2,1H3. The summed E-state index contributed by atoms with van der Waals surface area (Å²) in [6.45, 7) is 0.606. The van der Waals surface area contributed by atoms with Gasteiger partial charge in [-0.1, -0.05) is 18.2 Å². The molecule has 20 heavy (non-hydrogen) atoms. The van der Waals surface area contributed by atoms with Crippen molar-refractivity contribution in [1.29, 1.82) is 0 Å². The molecule has 0 aliphatic carbocycles. The summed E-state index contributed by atoms with van der Waals surface area (Å²) in [6, 6.07) is 12.5. The maximum absolute atomic E-state index is 13.2. The number of nitrogen functional groups attached to an aromatic ring is 1. The minimum atomic E-state index is -0.292. The molecule has 0 aliphatic rings. The Bertz CT molecular complexity index is 762. The van der Waals surface area contributed by atoms with Gasteiger partial charge in [0, 0.05) is 30.7 Å². The summed E-state index contributed by atoms with van der Waals surface area (Å²) < 4.78 is 15.3. The maximum Gasteiger partial charge on any atom is 0.125 e. The van der Waals surface area contributed by atoms with E-state index in [2.05, 4.69) is 28.2 Å². The molecule has 0 atom stereocenters. The summed E-state index contributed by atoms with van der Waals surface area (Å²) in [4.78, 5) is 0. The zero-order chi connectivity index (χ0) is 14.1. The quantitative estimate of drug-likeness (QED) is 0.714. The third kappa shape index (κ3) is 2.20. The van der Waals surface area contributed by atoms with Crippen molar-refractivity contribution >= 4 is 22.3 Å². The smallest absolute Gasteiger partial charge is 0.125 e. The molecule has 3 nitrogen and oxygen atoms in total. The summed E-state index contributed by atoms with van der Waals surface area (Å²) in [5.74, 6) is -0.292. The fourth-order valence-electron chi connectivity index (χ4n) is 2.44. The van der Waals surface area contributed by atoms with Crippen LogP contribution in [0.2, 0.25) is 0 Å². The number of rotatable bonds is 3. The predicted molar refractivity (Wildman–Crippen MR) is 81.1 cm³/mol. The van der Waals surface area contributed by atoms with Crippen molar-refractivity contribution < 1.29 is 4.39 Å². The van der Waals surface area contributed by atoms with Crippen LogP contribution in [0.4, 0.5) is 15.8 Å². The molecule has 3 rings (SSSR count). The summed E-state index contributed by atoms with van der Waals surface area (Å²) in [6.07, 6.45) is 2.08. The Kier molecular flexibility index (Phi) is 3.06. The number of nitrogens with zero attached hydrogens (tertiary/aromatic N) is 1. The number of hydrogen-bond acceptors (Lipinski definition) is 2. The van der Waals surface area contributed by atoms with E-state index >= 15 is 0 Å². The van der Waals surface area contributed by atoms with Gasteiger partial charge in [-0.25, -0.2) is 4.39 Å². The van der Waals surface area contributed by atoms with Crippen molar-refractivity contribution in [3.8, 4) is 0 Å². The average molecular weight is 269 g/mol. The van der Waals surface area contributed by atoms with E-state index < -0.39 is 0 Å². The lowest BCUT2D eigenvalue weighted by Gasteiger charge is -2.08. The van der Waals surface area contributed by atoms with Crippen LogP contribution in [0.5, 0.6) is 0 Å². The van der Waals surface area contributed by atoms with Crippen molar-refractivity contribution in [2.45, 2.75) is 6.54 Å². The van der Waals surface area contributed by atoms with Crippen LogP contribution in [0.1, 0.15) is 5.56 Å². The summed E-state index contributed by atoms with van der Waals surface area (Å²) in [5, 5.41) is 4.39. The molecular weight excluding hydrogens is 253 g/mol. The highest BCUT2D eigenvalue weighted by Crippen LogP contribution is 2.24. The molecule has 3 aromatic rings. The van der Waals surface area contributed by atoms with Crippen LogP contribution in [0, 0.1) is 5.82 Å². The van der Waals surface area contributed by atoms with E-state index in [-0.39, 0.29) is 5.82 Å². The molecule has 1 heterocycles. The van der Waals surface area contributed by atoms with Crippen molar-refractivity contribution in [3.05, 3.63) is 60.0 Å². The highest BCUT2D eigenvalue weighted by atomic mass is 19.1. The van der Waals surface area contributed by atoms with Gasteiger partial charge in [-0.2, -0.15) is 0 Å². The van der Waals surface area contributed by atoms with Gasteiger partial charge in [0.25, 0.3) is 0 Å². The molecule has 0 radical (unpaired) electrons. The van der Waals surface area contributed by atoms with E-state index in [1.807, 2.05) is 19.2 Å². The van der Waals surface area contributed by atoms with Crippen LogP contribution in [0.15, 0.2) is 48.7 Å². The highest BCUT2D eigenvalue weighted by molar-refractivity contribution is 5.84. The lowest BCUT2D eigenvalue weighted by molar-refractivity contribution is 0.628. The normalized spacial score (nSPS) is 10.9. The number of nitrogens with one attached hydrogen (secondary N) is 1. The van der Waals surface area contributed by atoms with Gasteiger partial charge in [0.1, 0.15) is 5.82 Å². The van der Waals surface area contributed by atoms with E-state index in [0.717, 1.165) is 5.56 Å². The molecule has 0 saturated carbocycles. The molecule has 0 saturated heterocycles. The first-order chi connectivity index (χ1) is 9.65. The minimum Gasteiger partial charge on any atom is -0.397 e. The minimum absolute atomic E-state index is 0.292. The molecule has 0 spiro atoms. The van der Waals surface area contributed by atoms with E-state index in [1.165, 1.54) is 23.0 Å². The molecule has 3 N–H and O–H groups in total. The average Bonchev–Trinajstić information content (AvgIpc) is 2.77.